The third-order valence-electron chi connectivity index (χ3n) is 12.4. The van der Waals surface area contributed by atoms with Crippen LogP contribution in [0.5, 0.6) is 23.0 Å². The first kappa shape index (κ1) is 52.5. The van der Waals surface area contributed by atoms with E-state index in [9.17, 15) is 9.90 Å². The van der Waals surface area contributed by atoms with Gasteiger partial charge in [-0.2, -0.15) is 0 Å². The lowest BCUT2D eigenvalue weighted by Gasteiger charge is -2.09. The molecule has 20 nitrogen and oxygen atoms in total. The van der Waals surface area contributed by atoms with E-state index in [4.69, 9.17) is 77.3 Å². The van der Waals surface area contributed by atoms with E-state index in [1.54, 1.807) is 26.4 Å². The van der Waals surface area contributed by atoms with E-state index in [2.05, 4.69) is 23.0 Å². The SMILES string of the molecule is CCCOCc1ccc2c3nc4nc(nc5[nH]c(nc6nc(nc([nH]3)c2c1)-c1ccc(OCCOCCOCCOC)cc1-6)c1cc(Oc2ccc(C(=O)O)cc2)ccc51)-c1ccc(OCCOCCOCCOC)cc1-4. The second-order valence-electron chi connectivity index (χ2n) is 17.7. The molecule has 8 aromatic rings. The molecule has 0 amide bonds. The van der Waals surface area contributed by atoms with Gasteiger partial charge < -0.3 is 62.4 Å². The normalized spacial score (nSPS) is 11.8. The Morgan fingerprint density at radius 2 is 0.870 bits per heavy atom. The number of aromatic carboxylic acids is 1. The molecule has 3 N–H and O–H groups in total. The van der Waals surface area contributed by atoms with E-state index < -0.39 is 5.97 Å². The highest BCUT2D eigenvalue weighted by atomic mass is 16.6. The lowest BCUT2D eigenvalue weighted by molar-refractivity contribution is 0.0180. The van der Waals surface area contributed by atoms with Crippen molar-refractivity contribution >= 4 is 50.1 Å². The van der Waals surface area contributed by atoms with Gasteiger partial charge in [0.25, 0.3) is 0 Å². The summed E-state index contributed by atoms with van der Waals surface area (Å²) >= 11 is 0. The van der Waals surface area contributed by atoms with Crippen molar-refractivity contribution in [3.63, 3.8) is 0 Å². The molecule has 0 saturated carbocycles. The number of methoxy groups -OCH3 is 2. The van der Waals surface area contributed by atoms with E-state index in [0.29, 0.717) is 183 Å². The van der Waals surface area contributed by atoms with Gasteiger partial charge in [-0.15, -0.1) is 0 Å². The molecule has 3 aromatic heterocycles. The van der Waals surface area contributed by atoms with Gasteiger partial charge in [0.05, 0.1) is 78.2 Å². The molecular formula is C57H58N8O12. The Hall–Kier alpha value is -7.95. The molecule has 8 bridgehead atoms. The monoisotopic (exact) mass is 1050 g/mol. The molecule has 10 rings (SSSR count). The molecule has 0 spiro atoms. The minimum absolute atomic E-state index is 0.143. The van der Waals surface area contributed by atoms with Crippen molar-refractivity contribution in [3.05, 3.63) is 108 Å². The Morgan fingerprint density at radius 1 is 0.429 bits per heavy atom. The molecule has 2 aliphatic rings. The fourth-order valence-corrected chi connectivity index (χ4v) is 8.61. The molecule has 5 aromatic carbocycles. The maximum absolute atomic E-state index is 11.6. The summed E-state index contributed by atoms with van der Waals surface area (Å²) in [6.45, 7) is 8.23. The van der Waals surface area contributed by atoms with Gasteiger partial charge >= 0.3 is 5.97 Å². The van der Waals surface area contributed by atoms with Gasteiger partial charge in [-0.05, 0) is 96.9 Å². The minimum Gasteiger partial charge on any atom is -0.491 e. The van der Waals surface area contributed by atoms with Gasteiger partial charge in [0.15, 0.2) is 23.3 Å². The average molecular weight is 1050 g/mol. The quantitative estimate of drug-likeness (QED) is 0.0406. The van der Waals surface area contributed by atoms with Crippen molar-refractivity contribution in [2.24, 2.45) is 0 Å². The van der Waals surface area contributed by atoms with Crippen molar-refractivity contribution < 1.29 is 57.3 Å². The van der Waals surface area contributed by atoms with E-state index >= 15 is 0 Å². The van der Waals surface area contributed by atoms with E-state index in [-0.39, 0.29) is 5.56 Å². The van der Waals surface area contributed by atoms with Crippen LogP contribution >= 0.6 is 0 Å². The van der Waals surface area contributed by atoms with Crippen LogP contribution in [0, 0.1) is 0 Å². The number of hydrogen-bond donors (Lipinski definition) is 3. The Bertz CT molecular complexity index is 3530. The Labute approximate surface area is 442 Å². The highest BCUT2D eigenvalue weighted by Gasteiger charge is 2.24. The first-order valence-corrected chi connectivity index (χ1v) is 25.4. The number of rotatable bonds is 27. The fourth-order valence-electron chi connectivity index (χ4n) is 8.61. The first-order valence-electron chi connectivity index (χ1n) is 25.4. The molecule has 0 saturated heterocycles. The molecule has 2 aliphatic heterocycles. The maximum atomic E-state index is 11.6. The predicted molar refractivity (Wildman–Crippen MR) is 287 cm³/mol. The van der Waals surface area contributed by atoms with Crippen LogP contribution < -0.4 is 14.2 Å². The number of carboxylic acid groups (broad SMARTS) is 1. The van der Waals surface area contributed by atoms with Crippen LogP contribution in [0.2, 0.25) is 0 Å². The van der Waals surface area contributed by atoms with Gasteiger partial charge in [0.1, 0.15) is 58.8 Å². The molecule has 398 valence electrons. The number of aromatic amines is 2. The number of carboxylic acids is 1. The molecule has 0 radical (unpaired) electrons. The zero-order chi connectivity index (χ0) is 52.9. The third-order valence-corrected chi connectivity index (χ3v) is 12.4. The highest BCUT2D eigenvalue weighted by Crippen LogP contribution is 2.40. The summed E-state index contributed by atoms with van der Waals surface area (Å²) in [6.07, 6.45) is 0.893. The van der Waals surface area contributed by atoms with Crippen molar-refractivity contribution in [1.29, 1.82) is 0 Å². The summed E-state index contributed by atoms with van der Waals surface area (Å²) in [4.78, 5) is 49.8. The number of fused-ring (bicyclic) bond motifs is 20. The third kappa shape index (κ3) is 12.7. The van der Waals surface area contributed by atoms with E-state index in [0.717, 1.165) is 33.9 Å². The minimum atomic E-state index is -1.03. The molecule has 0 fully saturated rings. The summed E-state index contributed by atoms with van der Waals surface area (Å²) in [5.74, 6) is 2.67. The lowest BCUT2D eigenvalue weighted by Crippen LogP contribution is -2.12. The highest BCUT2D eigenvalue weighted by molar-refractivity contribution is 6.07. The molecule has 0 unspecified atom stereocenters. The maximum Gasteiger partial charge on any atom is 0.335 e. The van der Waals surface area contributed by atoms with Crippen LogP contribution in [-0.4, -0.2) is 151 Å². The van der Waals surface area contributed by atoms with E-state index in [1.165, 1.54) is 12.1 Å². The first-order chi connectivity index (χ1) is 37.8. The number of carbonyl (C=O) groups is 1. The van der Waals surface area contributed by atoms with Crippen LogP contribution in [-0.2, 0) is 39.8 Å². The van der Waals surface area contributed by atoms with Crippen molar-refractivity contribution in [1.82, 2.24) is 39.9 Å². The summed E-state index contributed by atoms with van der Waals surface area (Å²) in [5.41, 5.74) is 5.92. The molecule has 0 atom stereocenters. The number of hydrogen-bond acceptors (Lipinski definition) is 17. The topological polar surface area (TPSA) is 239 Å². The Balaban J connectivity index is 1.10. The number of ether oxygens (including phenoxy) is 10. The zero-order valence-corrected chi connectivity index (χ0v) is 43.0. The van der Waals surface area contributed by atoms with Crippen LogP contribution in [0.1, 0.15) is 29.3 Å². The van der Waals surface area contributed by atoms with Crippen LogP contribution in [0.4, 0.5) is 0 Å². The van der Waals surface area contributed by atoms with Gasteiger partial charge in [0, 0.05) is 64.6 Å². The number of aromatic nitrogens is 8. The van der Waals surface area contributed by atoms with Gasteiger partial charge in [-0.3, -0.25) is 0 Å². The van der Waals surface area contributed by atoms with Crippen LogP contribution in [0.3, 0.4) is 0 Å². The van der Waals surface area contributed by atoms with Crippen LogP contribution in [0.25, 0.3) is 89.7 Å². The lowest BCUT2D eigenvalue weighted by atomic mass is 10.1. The molecule has 5 heterocycles. The fraction of sp³-hybridized carbons (Fsp3) is 0.316. The van der Waals surface area contributed by atoms with Crippen LogP contribution in [0.15, 0.2) is 97.1 Å². The summed E-state index contributed by atoms with van der Waals surface area (Å²) in [7, 11) is 3.27. The number of benzene rings is 5. The summed E-state index contributed by atoms with van der Waals surface area (Å²) < 4.78 is 57.3. The smallest absolute Gasteiger partial charge is 0.335 e. The number of nitrogens with zero attached hydrogens (tertiary/aromatic N) is 6. The second-order valence-corrected chi connectivity index (χ2v) is 17.7. The van der Waals surface area contributed by atoms with Crippen molar-refractivity contribution in [2.45, 2.75) is 20.0 Å². The number of nitrogens with one attached hydrogen (secondary N) is 2. The number of H-pyrrole nitrogens is 2. The summed E-state index contributed by atoms with van der Waals surface area (Å²) in [5, 5.41) is 12.5. The average Bonchev–Trinajstić information content (AvgIpc) is 4.33. The Morgan fingerprint density at radius 3 is 1.38 bits per heavy atom. The van der Waals surface area contributed by atoms with Crippen molar-refractivity contribution in [3.8, 4) is 68.5 Å². The van der Waals surface area contributed by atoms with E-state index in [1.807, 2.05) is 66.7 Å². The van der Waals surface area contributed by atoms with Gasteiger partial charge in [-0.1, -0.05) is 19.1 Å². The largest absolute Gasteiger partial charge is 0.491 e. The molecule has 77 heavy (non-hydrogen) atoms. The molecular weight excluding hydrogens is 989 g/mol. The van der Waals surface area contributed by atoms with Crippen molar-refractivity contribution in [2.75, 3.05) is 100 Å². The summed E-state index contributed by atoms with van der Waals surface area (Å²) in [6, 6.07) is 29.3. The van der Waals surface area contributed by atoms with Gasteiger partial charge in [0.2, 0.25) is 0 Å². The zero-order valence-electron chi connectivity index (χ0n) is 43.0. The molecule has 0 aliphatic carbocycles. The Kier molecular flexibility index (Phi) is 17.2. The standard InChI is InChI=1S/C57H58N8O12/c1-4-17-74-34-35-5-13-41-45(30-35)53-59-49(41)61-54-46-31-38(75-28-26-72-24-22-70-20-18-68-2)10-14-42(46)50(62-54)58-51-44-16-12-40(77-37-8-6-36(7-9-37)57(66)67)33-48(44)56(63-51)65-55-47-32-39(11-15-43(47)52(60-53)64-55)76-29-27-73-25-23-71-21-19-69-3/h5-16,30-33H,4,17-29,34H2,1-3H3,(H,66,67)(H2,58,59,60,61,62,63,64,65). The van der Waals surface area contributed by atoms with Gasteiger partial charge in [-0.25, -0.2) is 34.7 Å². The molecule has 20 heteroatoms. The second kappa shape index (κ2) is 25.3. The predicted octanol–water partition coefficient (Wildman–Crippen LogP) is 9.40.